The Morgan fingerprint density at radius 2 is 1.95 bits per heavy atom. The molecule has 0 amide bonds. The van der Waals surface area contributed by atoms with E-state index >= 15 is 0 Å². The van der Waals surface area contributed by atoms with Gasteiger partial charge in [-0.1, -0.05) is 12.1 Å². The highest BCUT2D eigenvalue weighted by molar-refractivity contribution is 5.82. The van der Waals surface area contributed by atoms with Crippen molar-refractivity contribution in [2.45, 2.75) is 26.6 Å². The second kappa shape index (κ2) is 5.02. The van der Waals surface area contributed by atoms with Crippen LogP contribution in [0.4, 0.5) is 0 Å². The third kappa shape index (κ3) is 2.19. The molecule has 0 atom stereocenters. The molecule has 0 fully saturated rings. The van der Waals surface area contributed by atoms with Gasteiger partial charge >= 0.3 is 11.3 Å². The van der Waals surface area contributed by atoms with Crippen molar-refractivity contribution in [3.63, 3.8) is 0 Å². The van der Waals surface area contributed by atoms with Crippen LogP contribution in [0.25, 0.3) is 22.3 Å². The normalized spacial score (nSPS) is 12.7. The molecule has 0 aliphatic carbocycles. The minimum atomic E-state index is 0.141. The highest BCUT2D eigenvalue weighted by Crippen LogP contribution is 2.41. The molecule has 2 heterocycles. The zero-order valence-electron chi connectivity index (χ0n) is 12.6. The van der Waals surface area contributed by atoms with E-state index in [4.69, 9.17) is 13.9 Å². The van der Waals surface area contributed by atoms with Gasteiger partial charge in [0.15, 0.2) is 0 Å². The molecule has 0 bridgehead atoms. The molecular weight excluding hydrogens is 276 g/mol. The molecule has 0 saturated carbocycles. The molecule has 22 heavy (non-hydrogen) atoms. The number of hydrogen-bond donors (Lipinski definition) is 0. The molecule has 0 radical (unpaired) electrons. The molecule has 3 heteroatoms. The molecule has 0 spiro atoms. The van der Waals surface area contributed by atoms with Crippen LogP contribution >= 0.6 is 0 Å². The maximum absolute atomic E-state index is 6.11. The highest BCUT2D eigenvalue weighted by Gasteiger charge is 2.29. The largest absolute Gasteiger partial charge is 0.491 e. The smallest absolute Gasteiger partial charge is 0.371 e. The lowest BCUT2D eigenvalue weighted by Crippen LogP contribution is -2.08. The van der Waals surface area contributed by atoms with E-state index in [0.29, 0.717) is 6.61 Å². The molecule has 3 aromatic rings. The van der Waals surface area contributed by atoms with Gasteiger partial charge in [-0.2, -0.15) is 0 Å². The van der Waals surface area contributed by atoms with Gasteiger partial charge in [0, 0.05) is 12.1 Å². The fourth-order valence-corrected chi connectivity index (χ4v) is 2.77. The van der Waals surface area contributed by atoms with Crippen molar-refractivity contribution in [1.29, 1.82) is 0 Å². The van der Waals surface area contributed by atoms with Crippen LogP contribution in [0.5, 0.6) is 11.5 Å². The topological polar surface area (TPSA) is 29.8 Å². The van der Waals surface area contributed by atoms with E-state index in [-0.39, 0.29) is 6.10 Å². The van der Waals surface area contributed by atoms with Gasteiger partial charge in [0.05, 0.1) is 17.1 Å². The fraction of sp³-hybridized carbons (Fsp3) is 0.211. The zero-order valence-corrected chi connectivity index (χ0v) is 12.6. The molecular formula is C19H17O3+. The summed E-state index contributed by atoms with van der Waals surface area (Å²) in [6.45, 7) is 4.54. The highest BCUT2D eigenvalue weighted by atomic mass is 16.5. The maximum Gasteiger partial charge on any atom is 0.371 e. The third-order valence-corrected chi connectivity index (χ3v) is 3.71. The first-order valence-electron chi connectivity index (χ1n) is 7.49. The van der Waals surface area contributed by atoms with Crippen LogP contribution in [0.15, 0.2) is 52.9 Å². The number of para-hydroxylation sites is 1. The van der Waals surface area contributed by atoms with Crippen molar-refractivity contribution in [2.75, 3.05) is 0 Å². The van der Waals surface area contributed by atoms with Crippen molar-refractivity contribution < 1.29 is 13.9 Å². The van der Waals surface area contributed by atoms with Crippen molar-refractivity contribution in [2.24, 2.45) is 0 Å². The van der Waals surface area contributed by atoms with Gasteiger partial charge in [0.2, 0.25) is 0 Å². The minimum Gasteiger partial charge on any atom is -0.491 e. The van der Waals surface area contributed by atoms with Gasteiger partial charge in [0.25, 0.3) is 0 Å². The average molecular weight is 293 g/mol. The van der Waals surface area contributed by atoms with Crippen LogP contribution in [0.3, 0.4) is 0 Å². The summed E-state index contributed by atoms with van der Waals surface area (Å²) >= 11 is 0. The third-order valence-electron chi connectivity index (χ3n) is 3.71. The Kier molecular flexibility index (Phi) is 3.00. The summed E-state index contributed by atoms with van der Waals surface area (Å²) in [7, 11) is 0. The summed E-state index contributed by atoms with van der Waals surface area (Å²) in [4.78, 5) is 0. The Labute approximate surface area is 129 Å². The van der Waals surface area contributed by atoms with E-state index in [1.807, 2.05) is 56.3 Å². The maximum atomic E-state index is 6.11. The summed E-state index contributed by atoms with van der Waals surface area (Å²) in [5.74, 6) is 2.51. The minimum absolute atomic E-state index is 0.141. The second-order valence-electron chi connectivity index (χ2n) is 5.75. The number of hydrogen-bond acceptors (Lipinski definition) is 2. The second-order valence-corrected chi connectivity index (χ2v) is 5.75. The van der Waals surface area contributed by atoms with Gasteiger partial charge in [0.1, 0.15) is 23.7 Å². The summed E-state index contributed by atoms with van der Waals surface area (Å²) < 4.78 is 17.7. The van der Waals surface area contributed by atoms with Gasteiger partial charge in [-0.3, -0.25) is 0 Å². The lowest BCUT2D eigenvalue weighted by molar-refractivity contribution is 0.239. The summed E-state index contributed by atoms with van der Waals surface area (Å²) in [5.41, 5.74) is 2.93. The van der Waals surface area contributed by atoms with Gasteiger partial charge in [-0.25, -0.2) is 4.42 Å². The molecule has 1 aromatic heterocycles. The number of fused-ring (bicyclic) bond motifs is 4. The monoisotopic (exact) mass is 293 g/mol. The van der Waals surface area contributed by atoms with Crippen molar-refractivity contribution in [3.8, 4) is 22.8 Å². The molecule has 3 nitrogen and oxygen atoms in total. The SMILES string of the molecule is CC(C)Oc1ccc2c(c1)OCc1cc3ccccc3[o+]c1-2. The average Bonchev–Trinajstić information content (AvgIpc) is 2.52. The standard InChI is InChI=1S/C19H17O3/c1-12(2)21-15-7-8-16-18(10-15)20-11-14-9-13-5-3-4-6-17(13)22-19(14)16/h3-10,12H,11H2,1-2H3/q+1. The zero-order chi connectivity index (χ0) is 15.1. The summed E-state index contributed by atoms with van der Waals surface area (Å²) in [5, 5.41) is 1.09. The lowest BCUT2D eigenvalue weighted by atomic mass is 10.0. The number of rotatable bonds is 2. The van der Waals surface area contributed by atoms with Gasteiger partial charge in [-0.15, -0.1) is 0 Å². The Hall–Kier alpha value is -2.55. The van der Waals surface area contributed by atoms with E-state index in [1.54, 1.807) is 0 Å². The molecule has 2 aromatic carbocycles. The Balaban J connectivity index is 1.84. The quantitative estimate of drug-likeness (QED) is 0.618. The van der Waals surface area contributed by atoms with Crippen LogP contribution in [-0.2, 0) is 6.61 Å². The lowest BCUT2D eigenvalue weighted by Gasteiger charge is -2.17. The first-order chi connectivity index (χ1) is 10.7. The molecule has 4 rings (SSSR count). The van der Waals surface area contributed by atoms with E-state index in [0.717, 1.165) is 39.4 Å². The first kappa shape index (κ1) is 13.1. The predicted octanol–water partition coefficient (Wildman–Crippen LogP) is 5.06. The van der Waals surface area contributed by atoms with Crippen LogP contribution in [0, 0.1) is 0 Å². The van der Waals surface area contributed by atoms with E-state index in [9.17, 15) is 0 Å². The molecule has 0 unspecified atom stereocenters. The van der Waals surface area contributed by atoms with E-state index in [2.05, 4.69) is 6.07 Å². The van der Waals surface area contributed by atoms with Gasteiger partial charge in [-0.05, 0) is 38.1 Å². The van der Waals surface area contributed by atoms with Crippen molar-refractivity contribution in [3.05, 3.63) is 54.1 Å². The Bertz CT molecular complexity index is 852. The Morgan fingerprint density at radius 3 is 2.82 bits per heavy atom. The van der Waals surface area contributed by atoms with Crippen LogP contribution < -0.4 is 9.47 Å². The van der Waals surface area contributed by atoms with E-state index < -0.39 is 0 Å². The number of benzene rings is 2. The van der Waals surface area contributed by atoms with Crippen LogP contribution in [0.1, 0.15) is 19.4 Å². The molecule has 1 aliphatic rings. The predicted molar refractivity (Wildman–Crippen MR) is 86.2 cm³/mol. The van der Waals surface area contributed by atoms with E-state index in [1.165, 1.54) is 0 Å². The van der Waals surface area contributed by atoms with Crippen LogP contribution in [0.2, 0.25) is 0 Å². The molecule has 0 N–H and O–H groups in total. The molecule has 1 aliphatic heterocycles. The molecule has 110 valence electrons. The summed E-state index contributed by atoms with van der Waals surface area (Å²) in [6, 6.07) is 16.1. The van der Waals surface area contributed by atoms with Crippen molar-refractivity contribution in [1.82, 2.24) is 0 Å². The molecule has 0 saturated heterocycles. The Morgan fingerprint density at radius 1 is 1.09 bits per heavy atom. The van der Waals surface area contributed by atoms with Gasteiger partial charge < -0.3 is 9.47 Å². The summed E-state index contributed by atoms with van der Waals surface area (Å²) in [6.07, 6.45) is 0.141. The number of ether oxygens (including phenoxy) is 2. The fourth-order valence-electron chi connectivity index (χ4n) is 2.77. The van der Waals surface area contributed by atoms with Crippen molar-refractivity contribution >= 4 is 11.0 Å². The first-order valence-corrected chi connectivity index (χ1v) is 7.49. The van der Waals surface area contributed by atoms with Crippen LogP contribution in [-0.4, -0.2) is 6.10 Å².